The van der Waals surface area contributed by atoms with Gasteiger partial charge in [-0.05, 0) is 5.92 Å². The summed E-state index contributed by atoms with van der Waals surface area (Å²) in [7, 11) is 0. The normalized spacial score (nSPS) is 12.4. The van der Waals surface area contributed by atoms with Gasteiger partial charge in [0, 0.05) is 0 Å². The maximum Gasteiger partial charge on any atom is -0.0414 e. The van der Waals surface area contributed by atoms with Crippen LogP contribution < -0.4 is 0 Å². The van der Waals surface area contributed by atoms with Gasteiger partial charge in [0.25, 0.3) is 0 Å². The van der Waals surface area contributed by atoms with Crippen molar-refractivity contribution < 1.29 is 0 Å². The van der Waals surface area contributed by atoms with Gasteiger partial charge in [-0.15, -0.1) is 0 Å². The highest BCUT2D eigenvalue weighted by atomic mass is 14.1. The van der Waals surface area contributed by atoms with Crippen molar-refractivity contribution in [2.45, 2.75) is 232 Å². The summed E-state index contributed by atoms with van der Waals surface area (Å²) < 4.78 is 0. The SMILES string of the molecule is [CH2]CCCC(CCCCCCCCCCCCCCCC)CCCCCCCCCCCCCCCCC. The molecule has 0 fully saturated rings. The topological polar surface area (TPSA) is 0 Å². The van der Waals surface area contributed by atoms with E-state index in [-0.39, 0.29) is 0 Å². The molecule has 0 heteroatoms. The first-order valence-electron chi connectivity index (χ1n) is 18.6. The van der Waals surface area contributed by atoms with Gasteiger partial charge < -0.3 is 0 Å². The van der Waals surface area contributed by atoms with Crippen LogP contribution in [0.15, 0.2) is 0 Å². The average Bonchev–Trinajstić information content (AvgIpc) is 2.93. The van der Waals surface area contributed by atoms with E-state index in [1.807, 2.05) is 0 Å². The predicted octanol–water partition coefficient (Wildman–Crippen LogP) is 14.7. The van der Waals surface area contributed by atoms with Crippen LogP contribution in [-0.4, -0.2) is 0 Å². The van der Waals surface area contributed by atoms with Crippen molar-refractivity contribution in [1.29, 1.82) is 0 Å². The summed E-state index contributed by atoms with van der Waals surface area (Å²) in [6.07, 6.45) is 49.6. The highest BCUT2D eigenvalue weighted by Gasteiger charge is 2.08. The van der Waals surface area contributed by atoms with Gasteiger partial charge in [0.2, 0.25) is 0 Å². The second-order valence-corrected chi connectivity index (χ2v) is 13.0. The zero-order chi connectivity index (χ0) is 27.6. The van der Waals surface area contributed by atoms with Crippen molar-refractivity contribution in [2.75, 3.05) is 0 Å². The van der Waals surface area contributed by atoms with Crippen LogP contribution in [0.25, 0.3) is 0 Å². The highest BCUT2D eigenvalue weighted by molar-refractivity contribution is 4.62. The maximum absolute atomic E-state index is 4.11. The van der Waals surface area contributed by atoms with Crippen molar-refractivity contribution in [1.82, 2.24) is 0 Å². The zero-order valence-electron chi connectivity index (χ0n) is 27.3. The van der Waals surface area contributed by atoms with Crippen molar-refractivity contribution >= 4 is 0 Å². The summed E-state index contributed by atoms with van der Waals surface area (Å²) in [6, 6.07) is 0. The minimum Gasteiger partial charge on any atom is -0.0654 e. The number of hydrogen-bond donors (Lipinski definition) is 0. The molecule has 0 nitrogen and oxygen atoms in total. The lowest BCUT2D eigenvalue weighted by molar-refractivity contribution is 0.372. The van der Waals surface area contributed by atoms with Crippen LogP contribution in [0.2, 0.25) is 0 Å². The summed E-state index contributed by atoms with van der Waals surface area (Å²) in [4.78, 5) is 0. The highest BCUT2D eigenvalue weighted by Crippen LogP contribution is 2.24. The Hall–Kier alpha value is 0. The molecule has 1 unspecified atom stereocenters. The van der Waals surface area contributed by atoms with Crippen molar-refractivity contribution in [3.8, 4) is 0 Å². The van der Waals surface area contributed by atoms with E-state index < -0.39 is 0 Å². The fourth-order valence-electron chi connectivity index (χ4n) is 6.30. The summed E-state index contributed by atoms with van der Waals surface area (Å²) >= 11 is 0. The van der Waals surface area contributed by atoms with Gasteiger partial charge in [0.15, 0.2) is 0 Å². The molecule has 0 aliphatic rings. The van der Waals surface area contributed by atoms with E-state index >= 15 is 0 Å². The Morgan fingerprint density at radius 3 is 0.737 bits per heavy atom. The molecule has 0 heterocycles. The first-order valence-corrected chi connectivity index (χ1v) is 18.6. The summed E-state index contributed by atoms with van der Waals surface area (Å²) in [5, 5.41) is 0. The first-order chi connectivity index (χ1) is 18.8. The molecule has 0 N–H and O–H groups in total. The maximum atomic E-state index is 4.11. The van der Waals surface area contributed by atoms with Crippen LogP contribution >= 0.6 is 0 Å². The lowest BCUT2D eigenvalue weighted by Gasteiger charge is -2.16. The fraction of sp³-hybridized carbons (Fsp3) is 0.974. The van der Waals surface area contributed by atoms with E-state index in [1.54, 1.807) is 0 Å². The van der Waals surface area contributed by atoms with Gasteiger partial charge in [-0.1, -0.05) is 239 Å². The summed E-state index contributed by atoms with van der Waals surface area (Å²) in [6.45, 7) is 8.73. The Labute approximate surface area is 244 Å². The van der Waals surface area contributed by atoms with Crippen molar-refractivity contribution in [3.05, 3.63) is 6.92 Å². The standard InChI is InChI=1S/C38H77/c1-4-7-10-12-14-16-18-20-22-24-26-28-30-32-34-37-38(35-9-6-3)36-33-31-29-27-25-23-21-19-17-15-13-11-8-5-2/h38H,3-37H2,1-2H3. The molecule has 229 valence electrons. The molecule has 0 aromatic carbocycles. The minimum absolute atomic E-state index is 0.996. The average molecular weight is 534 g/mol. The molecule has 38 heavy (non-hydrogen) atoms. The summed E-state index contributed by atoms with van der Waals surface area (Å²) in [5.41, 5.74) is 0. The van der Waals surface area contributed by atoms with Crippen LogP contribution in [0.1, 0.15) is 232 Å². The fourth-order valence-corrected chi connectivity index (χ4v) is 6.30. The molecule has 0 aromatic rings. The molecule has 0 amide bonds. The Morgan fingerprint density at radius 1 is 0.289 bits per heavy atom. The van der Waals surface area contributed by atoms with Gasteiger partial charge in [0.1, 0.15) is 0 Å². The molecule has 0 aliphatic carbocycles. The van der Waals surface area contributed by atoms with Gasteiger partial charge in [-0.25, -0.2) is 0 Å². The molecule has 0 aromatic heterocycles. The van der Waals surface area contributed by atoms with E-state index in [2.05, 4.69) is 20.8 Å². The van der Waals surface area contributed by atoms with E-state index in [0.717, 1.165) is 12.3 Å². The van der Waals surface area contributed by atoms with Crippen LogP contribution in [0.3, 0.4) is 0 Å². The molecule has 0 spiro atoms. The van der Waals surface area contributed by atoms with Gasteiger partial charge in [-0.2, -0.15) is 0 Å². The molecular formula is C38H77. The molecule has 1 atom stereocenters. The molecule has 0 bridgehead atoms. The van der Waals surface area contributed by atoms with Crippen molar-refractivity contribution in [3.63, 3.8) is 0 Å². The van der Waals surface area contributed by atoms with E-state index in [9.17, 15) is 0 Å². The van der Waals surface area contributed by atoms with Crippen molar-refractivity contribution in [2.24, 2.45) is 5.92 Å². The Bertz CT molecular complexity index is 385. The van der Waals surface area contributed by atoms with Crippen LogP contribution in [0.5, 0.6) is 0 Å². The van der Waals surface area contributed by atoms with Gasteiger partial charge in [0.05, 0.1) is 0 Å². The first kappa shape index (κ1) is 38.0. The van der Waals surface area contributed by atoms with E-state index in [4.69, 9.17) is 0 Å². The third-order valence-corrected chi connectivity index (χ3v) is 9.04. The predicted molar refractivity (Wildman–Crippen MR) is 177 cm³/mol. The lowest BCUT2D eigenvalue weighted by Crippen LogP contribution is -2.01. The Kier molecular flexibility index (Phi) is 35.0. The third kappa shape index (κ3) is 32.2. The summed E-state index contributed by atoms with van der Waals surface area (Å²) in [5.74, 6) is 0.996. The van der Waals surface area contributed by atoms with Gasteiger partial charge in [-0.3, -0.25) is 0 Å². The van der Waals surface area contributed by atoms with Crippen LogP contribution in [0, 0.1) is 12.8 Å². The number of hydrogen-bond acceptors (Lipinski definition) is 0. The molecule has 0 saturated heterocycles. The second kappa shape index (κ2) is 35.0. The van der Waals surface area contributed by atoms with Gasteiger partial charge >= 0.3 is 0 Å². The molecular weight excluding hydrogens is 456 g/mol. The lowest BCUT2D eigenvalue weighted by atomic mass is 9.90. The molecule has 0 aliphatic heterocycles. The second-order valence-electron chi connectivity index (χ2n) is 13.0. The number of rotatable bonds is 34. The van der Waals surface area contributed by atoms with Crippen LogP contribution in [-0.2, 0) is 0 Å². The Morgan fingerprint density at radius 2 is 0.500 bits per heavy atom. The smallest absolute Gasteiger partial charge is 0.0414 e. The zero-order valence-corrected chi connectivity index (χ0v) is 27.3. The number of unbranched alkanes of at least 4 members (excludes halogenated alkanes) is 28. The largest absolute Gasteiger partial charge is 0.0654 e. The third-order valence-electron chi connectivity index (χ3n) is 9.04. The Balaban J connectivity index is 3.46. The van der Waals surface area contributed by atoms with E-state index in [0.29, 0.717) is 0 Å². The van der Waals surface area contributed by atoms with Crippen LogP contribution in [0.4, 0.5) is 0 Å². The van der Waals surface area contributed by atoms with E-state index in [1.165, 1.54) is 212 Å². The quantitative estimate of drug-likeness (QED) is 0.0721. The minimum atomic E-state index is 0.996. The molecule has 0 saturated carbocycles. The molecule has 0 rings (SSSR count). The molecule has 1 radical (unpaired) electrons. The monoisotopic (exact) mass is 534 g/mol.